The minimum Gasteiger partial charge on any atom is -0.291 e. The van der Waals surface area contributed by atoms with Crippen molar-refractivity contribution in [3.8, 4) is 0 Å². The summed E-state index contributed by atoms with van der Waals surface area (Å²) in [5.41, 5.74) is 0. The Labute approximate surface area is 138 Å². The average molecular weight is 309 g/mol. The maximum absolute atomic E-state index is 10.0. The van der Waals surface area contributed by atoms with Gasteiger partial charge in [-0.2, -0.15) is 0 Å². The Kier molecular flexibility index (Phi) is 19.7. The van der Waals surface area contributed by atoms with E-state index in [0.717, 1.165) is 12.8 Å². The summed E-state index contributed by atoms with van der Waals surface area (Å²) in [6, 6.07) is 0. The van der Waals surface area contributed by atoms with Crippen molar-refractivity contribution in [2.45, 2.75) is 116 Å². The lowest BCUT2D eigenvalue weighted by atomic mass is 10.0. The molecule has 0 aromatic carbocycles. The van der Waals surface area contributed by atoms with E-state index in [1.807, 2.05) is 12.6 Å². The van der Waals surface area contributed by atoms with Gasteiger partial charge in [0.15, 0.2) is 12.6 Å². The number of hydrogen-bond donors (Lipinski definition) is 0. The first kappa shape index (κ1) is 21.3. The number of rotatable bonds is 19. The third-order valence-corrected chi connectivity index (χ3v) is 4.31. The molecular formula is C20H36O2. The van der Waals surface area contributed by atoms with E-state index >= 15 is 0 Å². The average Bonchev–Trinajstić information content (AvgIpc) is 2.54. The molecule has 0 heterocycles. The zero-order valence-corrected chi connectivity index (χ0v) is 14.5. The van der Waals surface area contributed by atoms with Crippen LogP contribution in [0.4, 0.5) is 0 Å². The Morgan fingerprint density at radius 1 is 0.318 bits per heavy atom. The van der Waals surface area contributed by atoms with E-state index in [-0.39, 0.29) is 0 Å². The van der Waals surface area contributed by atoms with Crippen LogP contribution in [0, 0.1) is 0 Å². The summed E-state index contributed by atoms with van der Waals surface area (Å²) in [5.74, 6) is 0. The van der Waals surface area contributed by atoms with Gasteiger partial charge in [-0.3, -0.25) is 9.59 Å². The van der Waals surface area contributed by atoms with Gasteiger partial charge >= 0.3 is 0 Å². The van der Waals surface area contributed by atoms with Crippen LogP contribution in [0.3, 0.4) is 0 Å². The third-order valence-electron chi connectivity index (χ3n) is 4.31. The zero-order valence-electron chi connectivity index (χ0n) is 14.5. The molecule has 0 saturated carbocycles. The quantitative estimate of drug-likeness (QED) is 0.265. The molecule has 0 bridgehead atoms. The molecule has 0 unspecified atom stereocenters. The van der Waals surface area contributed by atoms with Crippen LogP contribution < -0.4 is 0 Å². The normalized spacial score (nSPS) is 10.7. The van der Waals surface area contributed by atoms with Gasteiger partial charge < -0.3 is 0 Å². The Bertz CT molecular complexity index is 202. The highest BCUT2D eigenvalue weighted by molar-refractivity contribution is 5.50. The fourth-order valence-electron chi connectivity index (χ4n) is 2.87. The lowest BCUT2D eigenvalue weighted by Gasteiger charge is -2.03. The molecule has 0 N–H and O–H groups in total. The van der Waals surface area contributed by atoms with E-state index < -0.39 is 0 Å². The van der Waals surface area contributed by atoms with Crippen molar-refractivity contribution in [1.82, 2.24) is 0 Å². The second-order valence-electron chi connectivity index (χ2n) is 6.45. The van der Waals surface area contributed by atoms with Crippen LogP contribution in [0.5, 0.6) is 0 Å². The molecule has 2 heteroatoms. The van der Waals surface area contributed by atoms with Gasteiger partial charge in [-0.1, -0.05) is 89.9 Å². The highest BCUT2D eigenvalue weighted by atomic mass is 16.1. The minimum atomic E-state index is 0.622. The van der Waals surface area contributed by atoms with Crippen LogP contribution >= 0.6 is 0 Å². The fraction of sp³-hybridized carbons (Fsp3) is 0.900. The van der Waals surface area contributed by atoms with Crippen molar-refractivity contribution in [3.05, 3.63) is 0 Å². The van der Waals surface area contributed by atoms with Crippen LogP contribution in [-0.4, -0.2) is 12.6 Å². The molecule has 0 saturated heterocycles. The van der Waals surface area contributed by atoms with Gasteiger partial charge in [0, 0.05) is 12.8 Å². The molecule has 128 valence electrons. The molecule has 0 rings (SSSR count). The van der Waals surface area contributed by atoms with E-state index in [4.69, 9.17) is 0 Å². The van der Waals surface area contributed by atoms with Gasteiger partial charge in [-0.05, 0) is 12.8 Å². The smallest absolute Gasteiger partial charge is 0.198 e. The zero-order chi connectivity index (χ0) is 16.1. The van der Waals surface area contributed by atoms with Crippen molar-refractivity contribution >= 4 is 12.6 Å². The van der Waals surface area contributed by atoms with Crippen molar-refractivity contribution in [2.24, 2.45) is 0 Å². The van der Waals surface area contributed by atoms with Gasteiger partial charge in [0.25, 0.3) is 0 Å². The molecule has 0 aromatic heterocycles. The lowest BCUT2D eigenvalue weighted by molar-refractivity contribution is 0.522. The first-order valence-electron chi connectivity index (χ1n) is 9.62. The first-order valence-corrected chi connectivity index (χ1v) is 9.62. The Hall–Kier alpha value is -0.660. The molecule has 0 aromatic rings. The topological polar surface area (TPSA) is 34.1 Å². The second kappa shape index (κ2) is 20.3. The maximum Gasteiger partial charge on any atom is 0.198 e. The number of carbonyl (C=O) groups excluding carboxylic acids is 2. The molecule has 0 aliphatic heterocycles. The van der Waals surface area contributed by atoms with Gasteiger partial charge in [0.1, 0.15) is 0 Å². The van der Waals surface area contributed by atoms with Crippen LogP contribution in [0.15, 0.2) is 0 Å². The second-order valence-corrected chi connectivity index (χ2v) is 6.45. The van der Waals surface area contributed by atoms with Crippen LogP contribution in [0.1, 0.15) is 116 Å². The van der Waals surface area contributed by atoms with Gasteiger partial charge in [0.2, 0.25) is 0 Å². The van der Waals surface area contributed by atoms with E-state index in [9.17, 15) is 9.59 Å². The van der Waals surface area contributed by atoms with Crippen molar-refractivity contribution < 1.29 is 9.59 Å². The van der Waals surface area contributed by atoms with E-state index in [1.165, 1.54) is 89.9 Å². The van der Waals surface area contributed by atoms with E-state index in [1.54, 1.807) is 0 Å². The number of hydrogen-bond acceptors (Lipinski definition) is 2. The van der Waals surface area contributed by atoms with Crippen LogP contribution in [0.25, 0.3) is 0 Å². The van der Waals surface area contributed by atoms with Crippen LogP contribution in [-0.2, 0) is 9.59 Å². The molecule has 0 amide bonds. The summed E-state index contributed by atoms with van der Waals surface area (Å²) in [4.78, 5) is 20.1. The predicted molar refractivity (Wildman–Crippen MR) is 94.5 cm³/mol. The summed E-state index contributed by atoms with van der Waals surface area (Å²) in [7, 11) is 0. The summed E-state index contributed by atoms with van der Waals surface area (Å²) < 4.78 is 0. The first-order chi connectivity index (χ1) is 10.9. The Morgan fingerprint density at radius 3 is 0.682 bits per heavy atom. The summed E-state index contributed by atoms with van der Waals surface area (Å²) in [6.07, 6.45) is 25.9. The molecule has 0 aliphatic rings. The monoisotopic (exact) mass is 308 g/mol. The Balaban J connectivity index is 2.94. The highest BCUT2D eigenvalue weighted by Gasteiger charge is 1.95. The minimum absolute atomic E-state index is 0.622. The molecular weight excluding hydrogens is 272 g/mol. The molecule has 0 aliphatic carbocycles. The summed E-state index contributed by atoms with van der Waals surface area (Å²) in [5, 5.41) is 0. The molecule has 22 heavy (non-hydrogen) atoms. The Morgan fingerprint density at radius 2 is 0.500 bits per heavy atom. The van der Waals surface area contributed by atoms with Crippen molar-refractivity contribution in [2.75, 3.05) is 0 Å². The largest absolute Gasteiger partial charge is 0.291 e. The van der Waals surface area contributed by atoms with Gasteiger partial charge in [-0.15, -0.1) is 0 Å². The molecule has 0 atom stereocenters. The fourth-order valence-corrected chi connectivity index (χ4v) is 2.87. The maximum atomic E-state index is 10.0. The standard InChI is InChI=1S/C20H36O2/c21-19-17-15-13-11-9-7-5-3-1-2-4-6-8-10-12-14-16-18-20-22/h1-18H2. The van der Waals surface area contributed by atoms with Crippen molar-refractivity contribution in [1.29, 1.82) is 0 Å². The van der Waals surface area contributed by atoms with E-state index in [0.29, 0.717) is 12.8 Å². The van der Waals surface area contributed by atoms with Gasteiger partial charge in [-0.25, -0.2) is 0 Å². The number of unbranched alkanes of at least 4 members (excludes halogenated alkanes) is 17. The lowest BCUT2D eigenvalue weighted by Crippen LogP contribution is -1.84. The third kappa shape index (κ3) is 19.3. The summed E-state index contributed by atoms with van der Waals surface area (Å²) in [6.45, 7) is 0. The van der Waals surface area contributed by atoms with Gasteiger partial charge in [0.05, 0.1) is 0 Å². The van der Waals surface area contributed by atoms with E-state index in [2.05, 4.69) is 0 Å². The molecule has 2 nitrogen and oxygen atoms in total. The van der Waals surface area contributed by atoms with Crippen molar-refractivity contribution in [3.63, 3.8) is 0 Å². The molecule has 2 radical (unpaired) electrons. The summed E-state index contributed by atoms with van der Waals surface area (Å²) >= 11 is 0. The predicted octanol–water partition coefficient (Wildman–Crippen LogP) is 6.23. The van der Waals surface area contributed by atoms with Crippen LogP contribution in [0.2, 0.25) is 0 Å². The molecule has 0 fully saturated rings. The highest BCUT2D eigenvalue weighted by Crippen LogP contribution is 2.14. The molecule has 0 spiro atoms. The SMILES string of the molecule is O=[C]CCCCCCCCCCCCCCCCCC[C]=O.